The minimum Gasteiger partial charge on any atom is -0.451 e. The van der Waals surface area contributed by atoms with Gasteiger partial charge in [-0.05, 0) is 45.1 Å². The first kappa shape index (κ1) is 17.0. The standard InChI is InChI=1S/C17H23BrN2O2/c1-5-20(6-2)11(3)10-19-17(21)16-12(4)14-9-13(18)7-8-15(14)22-16/h7-9,11H,5-6,10H2,1-4H3,(H,19,21). The molecule has 1 heterocycles. The first-order chi connectivity index (χ1) is 10.5. The number of halogens is 1. The first-order valence-corrected chi connectivity index (χ1v) is 8.48. The Kier molecular flexibility index (Phi) is 5.64. The Morgan fingerprint density at radius 2 is 2.05 bits per heavy atom. The molecule has 0 fully saturated rings. The second-order valence-corrected chi connectivity index (χ2v) is 6.39. The van der Waals surface area contributed by atoms with Crippen molar-refractivity contribution in [2.24, 2.45) is 0 Å². The summed E-state index contributed by atoms with van der Waals surface area (Å²) in [6.45, 7) is 10.9. The number of amides is 1. The highest BCUT2D eigenvalue weighted by Crippen LogP contribution is 2.27. The van der Waals surface area contributed by atoms with E-state index in [1.165, 1.54) is 0 Å². The summed E-state index contributed by atoms with van der Waals surface area (Å²) in [4.78, 5) is 14.7. The van der Waals surface area contributed by atoms with Gasteiger partial charge in [-0.15, -0.1) is 0 Å². The third kappa shape index (κ3) is 3.52. The van der Waals surface area contributed by atoms with Crippen LogP contribution >= 0.6 is 15.9 Å². The van der Waals surface area contributed by atoms with E-state index in [2.05, 4.69) is 46.9 Å². The van der Waals surface area contributed by atoms with Gasteiger partial charge in [0.25, 0.3) is 5.91 Å². The summed E-state index contributed by atoms with van der Waals surface area (Å²) in [6, 6.07) is 6.07. The van der Waals surface area contributed by atoms with Gasteiger partial charge in [0, 0.05) is 28.0 Å². The van der Waals surface area contributed by atoms with Gasteiger partial charge in [0.15, 0.2) is 5.76 Å². The van der Waals surface area contributed by atoms with E-state index in [0.29, 0.717) is 18.3 Å². The molecule has 2 rings (SSSR count). The minimum absolute atomic E-state index is 0.149. The lowest BCUT2D eigenvalue weighted by Gasteiger charge is -2.26. The second-order valence-electron chi connectivity index (χ2n) is 5.48. The summed E-state index contributed by atoms with van der Waals surface area (Å²) in [5.74, 6) is 0.253. The molecule has 1 N–H and O–H groups in total. The molecule has 4 nitrogen and oxygen atoms in total. The molecule has 5 heteroatoms. The fraction of sp³-hybridized carbons (Fsp3) is 0.471. The SMILES string of the molecule is CCN(CC)C(C)CNC(=O)c1oc2ccc(Br)cc2c1C. The quantitative estimate of drug-likeness (QED) is 0.841. The van der Waals surface area contributed by atoms with Crippen molar-refractivity contribution in [3.8, 4) is 0 Å². The number of nitrogens with zero attached hydrogens (tertiary/aromatic N) is 1. The van der Waals surface area contributed by atoms with E-state index in [1.807, 2.05) is 25.1 Å². The smallest absolute Gasteiger partial charge is 0.287 e. The molecular formula is C17H23BrN2O2. The molecule has 1 atom stereocenters. The number of fused-ring (bicyclic) bond motifs is 1. The van der Waals surface area contributed by atoms with E-state index >= 15 is 0 Å². The maximum Gasteiger partial charge on any atom is 0.287 e. The van der Waals surface area contributed by atoms with Gasteiger partial charge in [-0.3, -0.25) is 9.69 Å². The largest absolute Gasteiger partial charge is 0.451 e. The normalized spacial score (nSPS) is 12.8. The van der Waals surface area contributed by atoms with Gasteiger partial charge in [0.2, 0.25) is 0 Å². The number of carbonyl (C=O) groups excluding carboxylic acids is 1. The van der Waals surface area contributed by atoms with Crippen molar-refractivity contribution >= 4 is 32.8 Å². The van der Waals surface area contributed by atoms with Crippen LogP contribution in [0.25, 0.3) is 11.0 Å². The van der Waals surface area contributed by atoms with Crippen LogP contribution in [-0.4, -0.2) is 36.5 Å². The van der Waals surface area contributed by atoms with Crippen molar-refractivity contribution in [1.29, 1.82) is 0 Å². The van der Waals surface area contributed by atoms with Crippen molar-refractivity contribution in [2.45, 2.75) is 33.7 Å². The van der Waals surface area contributed by atoms with Gasteiger partial charge in [0.05, 0.1) is 0 Å². The minimum atomic E-state index is -0.149. The zero-order chi connectivity index (χ0) is 16.3. The number of likely N-dealkylation sites (N-methyl/N-ethyl adjacent to an activating group) is 1. The van der Waals surface area contributed by atoms with Gasteiger partial charge in [0.1, 0.15) is 5.58 Å². The van der Waals surface area contributed by atoms with Gasteiger partial charge in [-0.1, -0.05) is 29.8 Å². The van der Waals surface area contributed by atoms with E-state index in [4.69, 9.17) is 4.42 Å². The molecule has 1 amide bonds. The van der Waals surface area contributed by atoms with Crippen molar-refractivity contribution in [2.75, 3.05) is 19.6 Å². The van der Waals surface area contributed by atoms with Gasteiger partial charge in [-0.2, -0.15) is 0 Å². The van der Waals surface area contributed by atoms with E-state index in [1.54, 1.807) is 0 Å². The second kappa shape index (κ2) is 7.29. The number of carbonyl (C=O) groups is 1. The Labute approximate surface area is 140 Å². The Morgan fingerprint density at radius 1 is 1.36 bits per heavy atom. The van der Waals surface area contributed by atoms with E-state index in [9.17, 15) is 4.79 Å². The zero-order valence-electron chi connectivity index (χ0n) is 13.6. The molecule has 120 valence electrons. The number of benzene rings is 1. The molecule has 1 aromatic heterocycles. The Hall–Kier alpha value is -1.33. The van der Waals surface area contributed by atoms with Crippen LogP contribution in [0, 0.1) is 6.92 Å². The van der Waals surface area contributed by atoms with E-state index < -0.39 is 0 Å². The van der Waals surface area contributed by atoms with Gasteiger partial charge in [-0.25, -0.2) is 0 Å². The zero-order valence-corrected chi connectivity index (χ0v) is 15.2. The molecule has 2 aromatic rings. The van der Waals surface area contributed by atoms with Crippen molar-refractivity contribution in [3.63, 3.8) is 0 Å². The van der Waals surface area contributed by atoms with Crippen LogP contribution in [0.5, 0.6) is 0 Å². The third-order valence-corrected chi connectivity index (χ3v) is 4.59. The van der Waals surface area contributed by atoms with Crippen molar-refractivity contribution in [1.82, 2.24) is 10.2 Å². The number of hydrogen-bond donors (Lipinski definition) is 1. The molecule has 0 radical (unpaired) electrons. The average molecular weight is 367 g/mol. The number of rotatable bonds is 6. The maximum absolute atomic E-state index is 12.4. The molecule has 0 aliphatic carbocycles. The lowest BCUT2D eigenvalue weighted by atomic mass is 10.1. The molecular weight excluding hydrogens is 344 g/mol. The highest BCUT2D eigenvalue weighted by Gasteiger charge is 2.19. The van der Waals surface area contributed by atoms with Gasteiger partial charge < -0.3 is 9.73 Å². The average Bonchev–Trinajstić information content (AvgIpc) is 2.83. The summed E-state index contributed by atoms with van der Waals surface area (Å²) in [5.41, 5.74) is 1.62. The Bertz CT molecular complexity index is 662. The molecule has 1 unspecified atom stereocenters. The van der Waals surface area contributed by atoms with Crippen LogP contribution in [0.1, 0.15) is 36.9 Å². The summed E-state index contributed by atoms with van der Waals surface area (Å²) in [6.07, 6.45) is 0. The van der Waals surface area contributed by atoms with Crippen LogP contribution in [0.2, 0.25) is 0 Å². The van der Waals surface area contributed by atoms with Crippen molar-refractivity contribution in [3.05, 3.63) is 34.0 Å². The molecule has 0 aliphatic heterocycles. The highest BCUT2D eigenvalue weighted by atomic mass is 79.9. The van der Waals surface area contributed by atoms with E-state index in [0.717, 1.165) is 34.1 Å². The monoisotopic (exact) mass is 366 g/mol. The Morgan fingerprint density at radius 3 is 2.68 bits per heavy atom. The Balaban J connectivity index is 2.12. The summed E-state index contributed by atoms with van der Waals surface area (Å²) in [5, 5.41) is 3.95. The number of furan rings is 1. The summed E-state index contributed by atoms with van der Waals surface area (Å²) < 4.78 is 6.69. The molecule has 0 bridgehead atoms. The molecule has 0 spiro atoms. The molecule has 22 heavy (non-hydrogen) atoms. The lowest BCUT2D eigenvalue weighted by molar-refractivity contribution is 0.0911. The van der Waals surface area contributed by atoms with Crippen LogP contribution in [-0.2, 0) is 0 Å². The number of hydrogen-bond acceptors (Lipinski definition) is 3. The van der Waals surface area contributed by atoms with Gasteiger partial charge >= 0.3 is 0 Å². The number of aryl methyl sites for hydroxylation is 1. The molecule has 1 aromatic carbocycles. The fourth-order valence-corrected chi connectivity index (χ4v) is 3.07. The van der Waals surface area contributed by atoms with Crippen LogP contribution in [0.3, 0.4) is 0 Å². The topological polar surface area (TPSA) is 45.5 Å². The molecule has 0 saturated heterocycles. The first-order valence-electron chi connectivity index (χ1n) is 7.68. The van der Waals surface area contributed by atoms with Crippen LogP contribution < -0.4 is 5.32 Å². The predicted molar refractivity (Wildman–Crippen MR) is 93.4 cm³/mol. The summed E-state index contributed by atoms with van der Waals surface area (Å²) in [7, 11) is 0. The summed E-state index contributed by atoms with van der Waals surface area (Å²) >= 11 is 3.45. The number of nitrogens with one attached hydrogen (secondary N) is 1. The fourth-order valence-electron chi connectivity index (χ4n) is 2.71. The van der Waals surface area contributed by atoms with Crippen molar-refractivity contribution < 1.29 is 9.21 Å². The molecule has 0 saturated carbocycles. The maximum atomic E-state index is 12.4. The van der Waals surface area contributed by atoms with Crippen LogP contribution in [0.4, 0.5) is 0 Å². The highest BCUT2D eigenvalue weighted by molar-refractivity contribution is 9.10. The van der Waals surface area contributed by atoms with E-state index in [-0.39, 0.29) is 5.91 Å². The van der Waals surface area contributed by atoms with Crippen LogP contribution in [0.15, 0.2) is 27.1 Å². The molecule has 0 aliphatic rings. The lowest BCUT2D eigenvalue weighted by Crippen LogP contribution is -2.42. The third-order valence-electron chi connectivity index (χ3n) is 4.10. The predicted octanol–water partition coefficient (Wildman–Crippen LogP) is 3.96.